The molecule has 0 bridgehead atoms. The Morgan fingerprint density at radius 2 is 2.00 bits per heavy atom. The monoisotopic (exact) mass is 252 g/mol. The lowest BCUT2D eigenvalue weighted by atomic mass is 10.2. The van der Waals surface area contributed by atoms with Crippen molar-refractivity contribution in [3.05, 3.63) is 29.8 Å². The second-order valence-electron chi connectivity index (χ2n) is 4.39. The molecule has 0 saturated heterocycles. The Balaban J connectivity index is 2.52. The highest BCUT2D eigenvalue weighted by Crippen LogP contribution is 2.12. The quantitative estimate of drug-likeness (QED) is 0.656. The Bertz CT molecular complexity index is 376. The molecule has 0 radical (unpaired) electrons. The van der Waals surface area contributed by atoms with Crippen LogP contribution in [0.5, 0.6) is 5.75 Å². The third-order valence-electron chi connectivity index (χ3n) is 2.40. The van der Waals surface area contributed by atoms with E-state index in [0.29, 0.717) is 5.75 Å². The van der Waals surface area contributed by atoms with Gasteiger partial charge in [-0.1, -0.05) is 26.0 Å². The topological polar surface area (TPSA) is 84.6 Å². The molecule has 0 aliphatic heterocycles. The van der Waals surface area contributed by atoms with Crippen molar-refractivity contribution in [1.29, 1.82) is 0 Å². The summed E-state index contributed by atoms with van der Waals surface area (Å²) in [5.74, 6) is 0.208. The van der Waals surface area contributed by atoms with Gasteiger partial charge in [0.2, 0.25) is 5.91 Å². The summed E-state index contributed by atoms with van der Waals surface area (Å²) in [5, 5.41) is 11.9. The number of carbonyl (C=O) groups is 1. The number of hydrogen-bond donors (Lipinski definition) is 3. The van der Waals surface area contributed by atoms with E-state index in [2.05, 4.69) is 5.32 Å². The smallest absolute Gasteiger partial charge is 0.238 e. The summed E-state index contributed by atoms with van der Waals surface area (Å²) in [6.07, 6.45) is 0. The second-order valence-corrected chi connectivity index (χ2v) is 4.39. The fourth-order valence-corrected chi connectivity index (χ4v) is 1.49. The maximum atomic E-state index is 11.2. The van der Waals surface area contributed by atoms with Crippen LogP contribution in [0.3, 0.4) is 0 Å². The van der Waals surface area contributed by atoms with Crippen LogP contribution >= 0.6 is 0 Å². The highest BCUT2D eigenvalue weighted by Gasteiger charge is 2.16. The first-order valence-corrected chi connectivity index (χ1v) is 5.91. The number of rotatable bonds is 7. The van der Waals surface area contributed by atoms with E-state index in [0.717, 1.165) is 5.56 Å². The van der Waals surface area contributed by atoms with Crippen molar-refractivity contribution in [2.24, 2.45) is 5.73 Å². The van der Waals surface area contributed by atoms with E-state index in [1.807, 2.05) is 13.8 Å². The third-order valence-corrected chi connectivity index (χ3v) is 2.40. The second kappa shape index (κ2) is 6.98. The van der Waals surface area contributed by atoms with Crippen molar-refractivity contribution in [1.82, 2.24) is 5.32 Å². The van der Waals surface area contributed by atoms with Crippen LogP contribution in [0.1, 0.15) is 19.4 Å². The van der Waals surface area contributed by atoms with Crippen molar-refractivity contribution in [3.8, 4) is 5.75 Å². The average molecular weight is 252 g/mol. The molecule has 0 fully saturated rings. The summed E-state index contributed by atoms with van der Waals surface area (Å²) in [5.41, 5.74) is 6.09. The highest BCUT2D eigenvalue weighted by molar-refractivity contribution is 5.80. The van der Waals surface area contributed by atoms with E-state index in [-0.39, 0.29) is 19.3 Å². The number of nitrogens with two attached hydrogens (primary N) is 1. The number of primary amides is 1. The van der Waals surface area contributed by atoms with E-state index in [1.165, 1.54) is 0 Å². The molecule has 5 nitrogen and oxygen atoms in total. The molecule has 0 aliphatic rings. The van der Waals surface area contributed by atoms with Gasteiger partial charge in [-0.3, -0.25) is 4.79 Å². The van der Waals surface area contributed by atoms with Crippen molar-refractivity contribution >= 4 is 5.91 Å². The van der Waals surface area contributed by atoms with Gasteiger partial charge in [-0.25, -0.2) is 0 Å². The van der Waals surface area contributed by atoms with Gasteiger partial charge >= 0.3 is 0 Å². The number of benzene rings is 1. The summed E-state index contributed by atoms with van der Waals surface area (Å²) in [6, 6.07) is 6.68. The van der Waals surface area contributed by atoms with Crippen LogP contribution in [0.4, 0.5) is 0 Å². The molecule has 1 atom stereocenters. The van der Waals surface area contributed by atoms with E-state index < -0.39 is 11.9 Å². The number of hydrogen-bond acceptors (Lipinski definition) is 4. The predicted octanol–water partition coefficient (Wildman–Crippen LogP) is 0.410. The first kappa shape index (κ1) is 14.5. The zero-order chi connectivity index (χ0) is 13.5. The number of aliphatic hydroxyl groups is 1. The normalized spacial score (nSPS) is 12.4. The molecule has 18 heavy (non-hydrogen) atoms. The van der Waals surface area contributed by atoms with Crippen LogP contribution in [0.25, 0.3) is 0 Å². The van der Waals surface area contributed by atoms with Crippen molar-refractivity contribution in [3.63, 3.8) is 0 Å². The van der Waals surface area contributed by atoms with Gasteiger partial charge in [0.25, 0.3) is 0 Å². The molecule has 1 aromatic rings. The molecule has 0 aliphatic carbocycles. The Labute approximate surface area is 107 Å². The number of amides is 1. The Morgan fingerprint density at radius 3 is 2.44 bits per heavy atom. The standard InChI is InChI=1S/C13H20N2O3/c1-9(2)15-12(13(14)17)8-18-11-5-3-10(7-16)4-6-11/h3-6,9,12,15-16H,7-8H2,1-2H3,(H2,14,17). The molecule has 0 saturated carbocycles. The average Bonchev–Trinajstić information content (AvgIpc) is 2.34. The molecule has 1 rings (SSSR count). The predicted molar refractivity (Wildman–Crippen MR) is 69.1 cm³/mol. The van der Waals surface area contributed by atoms with Crippen LogP contribution < -0.4 is 15.8 Å². The summed E-state index contributed by atoms with van der Waals surface area (Å²) >= 11 is 0. The zero-order valence-corrected chi connectivity index (χ0v) is 10.7. The molecular weight excluding hydrogens is 232 g/mol. The molecule has 0 aromatic heterocycles. The number of nitrogens with one attached hydrogen (secondary N) is 1. The lowest BCUT2D eigenvalue weighted by molar-refractivity contribution is -0.120. The fourth-order valence-electron chi connectivity index (χ4n) is 1.49. The highest BCUT2D eigenvalue weighted by atomic mass is 16.5. The summed E-state index contributed by atoms with van der Waals surface area (Å²) in [7, 11) is 0. The molecule has 100 valence electrons. The Kier molecular flexibility index (Phi) is 5.61. The van der Waals surface area contributed by atoms with Gasteiger partial charge in [0, 0.05) is 6.04 Å². The largest absolute Gasteiger partial charge is 0.491 e. The molecule has 1 unspecified atom stereocenters. The number of aliphatic hydroxyl groups excluding tert-OH is 1. The van der Waals surface area contributed by atoms with Crippen molar-refractivity contribution < 1.29 is 14.6 Å². The van der Waals surface area contributed by atoms with Crippen LogP contribution in [-0.4, -0.2) is 29.7 Å². The van der Waals surface area contributed by atoms with Gasteiger partial charge in [-0.2, -0.15) is 0 Å². The van der Waals surface area contributed by atoms with E-state index >= 15 is 0 Å². The van der Waals surface area contributed by atoms with Gasteiger partial charge in [0.1, 0.15) is 18.4 Å². The molecule has 4 N–H and O–H groups in total. The minimum absolute atomic E-state index is 0.000897. The Morgan fingerprint density at radius 1 is 1.39 bits per heavy atom. The van der Waals surface area contributed by atoms with Crippen molar-refractivity contribution in [2.75, 3.05) is 6.61 Å². The third kappa shape index (κ3) is 4.73. The van der Waals surface area contributed by atoms with Crippen molar-refractivity contribution in [2.45, 2.75) is 32.5 Å². The maximum absolute atomic E-state index is 11.2. The lowest BCUT2D eigenvalue weighted by Crippen LogP contribution is -2.48. The molecule has 1 aromatic carbocycles. The zero-order valence-electron chi connectivity index (χ0n) is 10.7. The summed E-state index contributed by atoms with van der Waals surface area (Å²) < 4.78 is 5.48. The molecule has 0 spiro atoms. The van der Waals surface area contributed by atoms with Gasteiger partial charge in [0.15, 0.2) is 0 Å². The number of carbonyl (C=O) groups excluding carboxylic acids is 1. The summed E-state index contributed by atoms with van der Waals surface area (Å²) in [4.78, 5) is 11.2. The molecule has 1 amide bonds. The maximum Gasteiger partial charge on any atom is 0.238 e. The molecule has 0 heterocycles. The van der Waals surface area contributed by atoms with E-state index in [9.17, 15) is 4.79 Å². The minimum Gasteiger partial charge on any atom is -0.491 e. The summed E-state index contributed by atoms with van der Waals surface area (Å²) in [6.45, 7) is 4.06. The van der Waals surface area contributed by atoms with Gasteiger partial charge in [0.05, 0.1) is 6.61 Å². The SMILES string of the molecule is CC(C)NC(COc1ccc(CO)cc1)C(N)=O. The van der Waals surface area contributed by atoms with Gasteiger partial charge in [-0.15, -0.1) is 0 Å². The van der Waals surface area contributed by atoms with Crippen LogP contribution in [0, 0.1) is 0 Å². The van der Waals surface area contributed by atoms with E-state index in [4.69, 9.17) is 15.6 Å². The Hall–Kier alpha value is -1.59. The van der Waals surface area contributed by atoms with Crippen LogP contribution in [-0.2, 0) is 11.4 Å². The first-order chi connectivity index (χ1) is 8.52. The van der Waals surface area contributed by atoms with Gasteiger partial charge in [-0.05, 0) is 17.7 Å². The van der Waals surface area contributed by atoms with Crippen LogP contribution in [0.2, 0.25) is 0 Å². The number of ether oxygens (including phenoxy) is 1. The van der Waals surface area contributed by atoms with E-state index in [1.54, 1.807) is 24.3 Å². The minimum atomic E-state index is -0.512. The van der Waals surface area contributed by atoms with Crippen LogP contribution in [0.15, 0.2) is 24.3 Å². The molecule has 5 heteroatoms. The fraction of sp³-hybridized carbons (Fsp3) is 0.462. The lowest BCUT2D eigenvalue weighted by Gasteiger charge is -2.18. The molecular formula is C13H20N2O3. The first-order valence-electron chi connectivity index (χ1n) is 5.91. The van der Waals surface area contributed by atoms with Gasteiger partial charge < -0.3 is 20.9 Å².